The molecule has 1 heterocycles. The van der Waals surface area contributed by atoms with Crippen LogP contribution in [0.2, 0.25) is 0 Å². The minimum Gasteiger partial charge on any atom is -0.439 e. The van der Waals surface area contributed by atoms with E-state index in [9.17, 15) is 9.50 Å². The van der Waals surface area contributed by atoms with E-state index < -0.39 is 0 Å². The van der Waals surface area contributed by atoms with Crippen LogP contribution >= 0.6 is 0 Å². The zero-order valence-corrected chi connectivity index (χ0v) is 18.8. The molecule has 0 unspecified atom stereocenters. The van der Waals surface area contributed by atoms with E-state index in [0.29, 0.717) is 37.1 Å². The topological polar surface area (TPSA) is 50.5 Å². The molecule has 3 aromatic rings. The summed E-state index contributed by atoms with van der Waals surface area (Å²) in [5.74, 6) is 1.30. The molecule has 6 heteroatoms. The van der Waals surface area contributed by atoms with Gasteiger partial charge >= 0.3 is 0 Å². The monoisotopic (exact) mass is 425 g/mol. The van der Waals surface area contributed by atoms with E-state index in [2.05, 4.69) is 18.7 Å². The van der Waals surface area contributed by atoms with Crippen LogP contribution in [0.4, 0.5) is 4.39 Å². The zero-order valence-electron chi connectivity index (χ0n) is 18.8. The second-order valence-corrected chi connectivity index (χ2v) is 8.32. The lowest BCUT2D eigenvalue weighted by Crippen LogP contribution is -2.34. The molecule has 0 bridgehead atoms. The largest absolute Gasteiger partial charge is 0.439 e. The third-order valence-electron chi connectivity index (χ3n) is 5.11. The van der Waals surface area contributed by atoms with Crippen LogP contribution in [0.1, 0.15) is 38.4 Å². The predicted octanol–water partition coefficient (Wildman–Crippen LogP) is 5.34. The molecule has 1 N–H and O–H groups in total. The number of hydrogen-bond acceptors (Lipinski definition) is 4. The van der Waals surface area contributed by atoms with Crippen LogP contribution in [0.3, 0.4) is 0 Å². The maximum atomic E-state index is 13.4. The van der Waals surface area contributed by atoms with Gasteiger partial charge in [0, 0.05) is 19.6 Å². The van der Waals surface area contributed by atoms with E-state index in [1.807, 2.05) is 44.2 Å². The minimum atomic E-state index is -0.385. The smallest absolute Gasteiger partial charge is 0.227 e. The number of para-hydroxylation sites is 1. The number of aryl methyl sites for hydroxylation is 1. The molecule has 0 radical (unpaired) electrons. The van der Waals surface area contributed by atoms with E-state index in [-0.39, 0.29) is 11.9 Å². The maximum absolute atomic E-state index is 13.4. The van der Waals surface area contributed by atoms with Crippen LogP contribution in [0.25, 0.3) is 5.69 Å². The van der Waals surface area contributed by atoms with Crippen LogP contribution in [0.15, 0.2) is 54.6 Å². The van der Waals surface area contributed by atoms with Crippen LogP contribution in [-0.2, 0) is 6.54 Å². The summed E-state index contributed by atoms with van der Waals surface area (Å²) in [7, 11) is 0. The van der Waals surface area contributed by atoms with E-state index in [1.54, 1.807) is 16.8 Å². The highest BCUT2D eigenvalue weighted by atomic mass is 19.1. The number of ether oxygens (including phenoxy) is 1. The highest BCUT2D eigenvalue weighted by Crippen LogP contribution is 2.32. The quantitative estimate of drug-likeness (QED) is 0.476. The SMILES string of the molecule is CC[C@H](O)CN(Cc1c(C)nn(-c2ccccc2)c1Oc1ccc(F)cc1)CC(C)C. The summed E-state index contributed by atoms with van der Waals surface area (Å²) in [6, 6.07) is 15.8. The highest BCUT2D eigenvalue weighted by Gasteiger charge is 2.22. The lowest BCUT2D eigenvalue weighted by Gasteiger charge is -2.26. The van der Waals surface area contributed by atoms with Crippen LogP contribution in [0.5, 0.6) is 11.6 Å². The molecule has 0 spiro atoms. The highest BCUT2D eigenvalue weighted by molar-refractivity contribution is 5.43. The molecule has 1 atom stereocenters. The number of nitrogens with zero attached hydrogens (tertiary/aromatic N) is 3. The normalized spacial score (nSPS) is 12.5. The van der Waals surface area contributed by atoms with Crippen LogP contribution < -0.4 is 4.74 Å². The summed E-state index contributed by atoms with van der Waals surface area (Å²) >= 11 is 0. The third-order valence-corrected chi connectivity index (χ3v) is 5.11. The Kier molecular flexibility index (Phi) is 7.82. The summed E-state index contributed by atoms with van der Waals surface area (Å²) < 4.78 is 21.4. The fraction of sp³-hybridized carbons (Fsp3) is 0.400. The Morgan fingerprint density at radius 3 is 2.35 bits per heavy atom. The first-order chi connectivity index (χ1) is 14.9. The number of rotatable bonds is 10. The minimum absolute atomic E-state index is 0.308. The van der Waals surface area contributed by atoms with Crippen molar-refractivity contribution >= 4 is 0 Å². The molecule has 0 saturated carbocycles. The van der Waals surface area contributed by atoms with Gasteiger partial charge in [-0.3, -0.25) is 4.90 Å². The van der Waals surface area contributed by atoms with E-state index in [1.165, 1.54) is 12.1 Å². The van der Waals surface area contributed by atoms with Crippen molar-refractivity contribution in [2.24, 2.45) is 5.92 Å². The molecule has 0 aliphatic rings. The number of aliphatic hydroxyl groups excluding tert-OH is 1. The Morgan fingerprint density at radius 1 is 1.06 bits per heavy atom. The first kappa shape index (κ1) is 23.0. The number of halogens is 1. The summed E-state index contributed by atoms with van der Waals surface area (Å²) in [6.07, 6.45) is 0.320. The average molecular weight is 426 g/mol. The number of aliphatic hydroxyl groups is 1. The van der Waals surface area contributed by atoms with Gasteiger partial charge < -0.3 is 9.84 Å². The lowest BCUT2D eigenvalue weighted by molar-refractivity contribution is 0.0980. The van der Waals surface area contributed by atoms with Gasteiger partial charge in [0.25, 0.3) is 0 Å². The number of aromatic nitrogens is 2. The predicted molar refractivity (Wildman–Crippen MR) is 121 cm³/mol. The van der Waals surface area contributed by atoms with Gasteiger partial charge in [0.05, 0.1) is 23.0 Å². The van der Waals surface area contributed by atoms with E-state index in [0.717, 1.165) is 23.5 Å². The summed E-state index contributed by atoms with van der Waals surface area (Å²) in [4.78, 5) is 2.25. The molecular weight excluding hydrogens is 393 g/mol. The van der Waals surface area contributed by atoms with Gasteiger partial charge in [0.1, 0.15) is 11.6 Å². The third kappa shape index (κ3) is 6.15. The average Bonchev–Trinajstić information content (AvgIpc) is 3.05. The first-order valence-corrected chi connectivity index (χ1v) is 10.8. The summed E-state index contributed by atoms with van der Waals surface area (Å²) in [5.41, 5.74) is 2.70. The maximum Gasteiger partial charge on any atom is 0.227 e. The molecule has 5 nitrogen and oxygen atoms in total. The molecule has 166 valence electrons. The Balaban J connectivity index is 2.01. The second-order valence-electron chi connectivity index (χ2n) is 8.32. The summed E-state index contributed by atoms with van der Waals surface area (Å²) in [6.45, 7) is 10.3. The Morgan fingerprint density at radius 2 is 1.74 bits per heavy atom. The Labute approximate surface area is 184 Å². The molecule has 2 aromatic carbocycles. The molecule has 0 fully saturated rings. The number of hydrogen-bond donors (Lipinski definition) is 1. The van der Waals surface area contributed by atoms with Crippen molar-refractivity contribution in [3.05, 3.63) is 71.7 Å². The molecule has 0 saturated heterocycles. The molecular formula is C25H32FN3O2. The molecule has 3 rings (SSSR count). The van der Waals surface area contributed by atoms with Crippen molar-refractivity contribution in [2.75, 3.05) is 13.1 Å². The Hall–Kier alpha value is -2.70. The van der Waals surface area contributed by atoms with Crippen LogP contribution in [-0.4, -0.2) is 39.0 Å². The number of benzene rings is 2. The van der Waals surface area contributed by atoms with Gasteiger partial charge in [0.15, 0.2) is 0 Å². The van der Waals surface area contributed by atoms with Gasteiger partial charge in [-0.1, -0.05) is 39.0 Å². The summed E-state index contributed by atoms with van der Waals surface area (Å²) in [5, 5.41) is 15.0. The van der Waals surface area contributed by atoms with Gasteiger partial charge in [0.2, 0.25) is 5.88 Å². The van der Waals surface area contributed by atoms with Crippen LogP contribution in [0, 0.1) is 18.7 Å². The van der Waals surface area contributed by atoms with Crippen molar-refractivity contribution in [3.63, 3.8) is 0 Å². The fourth-order valence-corrected chi connectivity index (χ4v) is 3.55. The van der Waals surface area contributed by atoms with Gasteiger partial charge in [-0.15, -0.1) is 0 Å². The Bertz CT molecular complexity index is 955. The van der Waals surface area contributed by atoms with Gasteiger partial charge in [-0.2, -0.15) is 5.10 Å². The van der Waals surface area contributed by atoms with Gasteiger partial charge in [-0.25, -0.2) is 9.07 Å². The van der Waals surface area contributed by atoms with E-state index >= 15 is 0 Å². The standard InChI is InChI=1S/C25H32FN3O2/c1-5-22(30)16-28(15-18(2)3)17-24-19(4)27-29(21-9-7-6-8-10-21)25(24)31-23-13-11-20(26)12-14-23/h6-14,18,22,30H,5,15-17H2,1-4H3/t22-/m0/s1. The van der Waals surface area contributed by atoms with E-state index in [4.69, 9.17) is 9.84 Å². The van der Waals surface area contributed by atoms with Crippen molar-refractivity contribution in [1.82, 2.24) is 14.7 Å². The van der Waals surface area contributed by atoms with Crippen molar-refractivity contribution in [2.45, 2.75) is 46.8 Å². The second kappa shape index (κ2) is 10.6. The van der Waals surface area contributed by atoms with Gasteiger partial charge in [-0.05, 0) is 55.7 Å². The molecule has 1 aromatic heterocycles. The fourth-order valence-electron chi connectivity index (χ4n) is 3.55. The molecule has 0 amide bonds. The van der Waals surface area contributed by atoms with Crippen molar-refractivity contribution in [1.29, 1.82) is 0 Å². The first-order valence-electron chi connectivity index (χ1n) is 10.8. The zero-order chi connectivity index (χ0) is 22.4. The molecule has 0 aliphatic carbocycles. The molecule has 0 aliphatic heterocycles. The lowest BCUT2D eigenvalue weighted by atomic mass is 10.1. The molecule has 31 heavy (non-hydrogen) atoms. The van der Waals surface area contributed by atoms with Crippen molar-refractivity contribution < 1.29 is 14.2 Å². The van der Waals surface area contributed by atoms with Crippen molar-refractivity contribution in [3.8, 4) is 17.3 Å².